The molecule has 1 nitrogen and oxygen atoms in total. The smallest absolute Gasteiger partial charge is 0.125 e. The molecule has 1 aliphatic heterocycles. The van der Waals surface area contributed by atoms with Gasteiger partial charge in [-0.05, 0) is 29.7 Å². The number of thiol groups is 1. The first kappa shape index (κ1) is 8.95. The van der Waals surface area contributed by atoms with Crippen LogP contribution in [0.3, 0.4) is 0 Å². The van der Waals surface area contributed by atoms with Crippen LogP contribution in [0.2, 0.25) is 0 Å². The first-order valence-corrected chi connectivity index (χ1v) is 5.39. The molecule has 0 saturated heterocycles. The van der Waals surface area contributed by atoms with E-state index in [4.69, 9.17) is 4.74 Å². The summed E-state index contributed by atoms with van der Waals surface area (Å²) in [5, 5.41) is 0. The summed E-state index contributed by atoms with van der Waals surface area (Å²) in [5.74, 6) is 2.09. The molecular weight excluding hydrogens is 180 g/mol. The van der Waals surface area contributed by atoms with Crippen molar-refractivity contribution < 1.29 is 4.74 Å². The first-order chi connectivity index (χ1) is 6.42. The number of ether oxygens (including phenoxy) is 1. The molecule has 0 N–H and O–H groups in total. The van der Waals surface area contributed by atoms with E-state index in [0.29, 0.717) is 0 Å². The quantitative estimate of drug-likeness (QED) is 0.727. The molecule has 13 heavy (non-hydrogen) atoms. The second-order valence-corrected chi connectivity index (χ2v) is 3.78. The molecule has 0 aliphatic carbocycles. The Balaban J connectivity index is 2.20. The van der Waals surface area contributed by atoms with E-state index in [-0.39, 0.29) is 0 Å². The van der Waals surface area contributed by atoms with Crippen molar-refractivity contribution in [3.63, 3.8) is 0 Å². The number of para-hydroxylation sites is 1. The summed E-state index contributed by atoms with van der Waals surface area (Å²) in [5.41, 5.74) is 2.72. The molecule has 1 heterocycles. The zero-order valence-corrected chi connectivity index (χ0v) is 8.52. The zero-order chi connectivity index (χ0) is 9.10. The van der Waals surface area contributed by atoms with E-state index in [9.17, 15) is 0 Å². The van der Waals surface area contributed by atoms with Gasteiger partial charge in [0.1, 0.15) is 5.75 Å². The van der Waals surface area contributed by atoms with Crippen LogP contribution in [0.1, 0.15) is 17.5 Å². The number of aryl methyl sites for hydroxylation is 1. The van der Waals surface area contributed by atoms with E-state index in [1.807, 2.05) is 0 Å². The highest BCUT2D eigenvalue weighted by Gasteiger charge is 2.14. The van der Waals surface area contributed by atoms with Gasteiger partial charge in [-0.3, -0.25) is 0 Å². The fraction of sp³-hybridized carbons (Fsp3) is 0.455. The molecular formula is C11H14OS. The maximum Gasteiger partial charge on any atom is 0.125 e. The van der Waals surface area contributed by atoms with Crippen LogP contribution in [0.25, 0.3) is 0 Å². The van der Waals surface area contributed by atoms with Gasteiger partial charge in [-0.25, -0.2) is 0 Å². The van der Waals surface area contributed by atoms with Gasteiger partial charge in [-0.1, -0.05) is 18.2 Å². The van der Waals surface area contributed by atoms with Crippen LogP contribution in [0, 0.1) is 0 Å². The Morgan fingerprint density at radius 3 is 3.15 bits per heavy atom. The summed E-state index contributed by atoms with van der Waals surface area (Å²) in [7, 11) is 0. The lowest BCUT2D eigenvalue weighted by molar-refractivity contribution is 0.353. The Hall–Kier alpha value is -0.630. The fourth-order valence-electron chi connectivity index (χ4n) is 1.75. The molecule has 0 saturated carbocycles. The normalized spacial score (nSPS) is 13.9. The summed E-state index contributed by atoms with van der Waals surface area (Å²) in [6, 6.07) is 6.45. The molecule has 1 aromatic rings. The standard InChI is InChI=1S/C11H14OS/c13-8-2-5-9-3-1-4-10-6-7-12-11(9)10/h1,3-4,13H,2,5-8H2. The molecule has 2 heteroatoms. The number of benzene rings is 1. The average Bonchev–Trinajstić information content (AvgIpc) is 2.62. The number of hydrogen-bond acceptors (Lipinski definition) is 2. The van der Waals surface area contributed by atoms with Gasteiger partial charge in [-0.15, -0.1) is 0 Å². The molecule has 2 rings (SSSR count). The van der Waals surface area contributed by atoms with Gasteiger partial charge in [0.2, 0.25) is 0 Å². The molecule has 0 atom stereocenters. The Bertz CT molecular complexity index is 296. The van der Waals surface area contributed by atoms with Gasteiger partial charge in [0.15, 0.2) is 0 Å². The van der Waals surface area contributed by atoms with Gasteiger partial charge in [-0.2, -0.15) is 12.6 Å². The zero-order valence-electron chi connectivity index (χ0n) is 7.62. The molecule has 70 valence electrons. The summed E-state index contributed by atoms with van der Waals surface area (Å²) < 4.78 is 5.60. The topological polar surface area (TPSA) is 9.23 Å². The molecule has 0 bridgehead atoms. The molecule has 0 radical (unpaired) electrons. The fourth-order valence-corrected chi connectivity index (χ4v) is 1.91. The summed E-state index contributed by atoms with van der Waals surface area (Å²) in [6.07, 6.45) is 3.29. The van der Waals surface area contributed by atoms with Crippen molar-refractivity contribution in [1.82, 2.24) is 0 Å². The van der Waals surface area contributed by atoms with E-state index in [1.54, 1.807) is 0 Å². The minimum absolute atomic E-state index is 0.854. The van der Waals surface area contributed by atoms with Gasteiger partial charge in [0.05, 0.1) is 6.61 Å². The van der Waals surface area contributed by atoms with Gasteiger partial charge >= 0.3 is 0 Å². The van der Waals surface area contributed by atoms with Crippen LogP contribution in [0.15, 0.2) is 18.2 Å². The van der Waals surface area contributed by atoms with Crippen LogP contribution in [-0.4, -0.2) is 12.4 Å². The van der Waals surface area contributed by atoms with Crippen molar-refractivity contribution in [3.8, 4) is 5.75 Å². The molecule has 0 unspecified atom stereocenters. The molecule has 0 spiro atoms. The van der Waals surface area contributed by atoms with Crippen molar-refractivity contribution in [2.75, 3.05) is 12.4 Å². The van der Waals surface area contributed by atoms with Crippen molar-refractivity contribution in [2.45, 2.75) is 19.3 Å². The molecule has 0 aromatic heterocycles. The third kappa shape index (κ3) is 1.83. The lowest BCUT2D eigenvalue weighted by atomic mass is 10.0. The molecule has 1 aliphatic rings. The maximum absolute atomic E-state index is 5.60. The van der Waals surface area contributed by atoms with Crippen molar-refractivity contribution in [2.24, 2.45) is 0 Å². The van der Waals surface area contributed by atoms with Gasteiger partial charge in [0.25, 0.3) is 0 Å². The Kier molecular flexibility index (Phi) is 2.79. The summed E-state index contributed by atoms with van der Waals surface area (Å²) >= 11 is 4.22. The Labute approximate surface area is 84.5 Å². The van der Waals surface area contributed by atoms with Gasteiger partial charge < -0.3 is 4.74 Å². The minimum Gasteiger partial charge on any atom is -0.493 e. The van der Waals surface area contributed by atoms with Crippen molar-refractivity contribution >= 4 is 12.6 Å². The van der Waals surface area contributed by atoms with Crippen LogP contribution in [0.4, 0.5) is 0 Å². The Morgan fingerprint density at radius 2 is 2.31 bits per heavy atom. The minimum atomic E-state index is 0.854. The van der Waals surface area contributed by atoms with E-state index >= 15 is 0 Å². The highest BCUT2D eigenvalue weighted by Crippen LogP contribution is 2.30. The third-order valence-corrected chi connectivity index (χ3v) is 2.72. The predicted molar refractivity (Wildman–Crippen MR) is 57.8 cm³/mol. The van der Waals surface area contributed by atoms with Crippen molar-refractivity contribution in [3.05, 3.63) is 29.3 Å². The second-order valence-electron chi connectivity index (χ2n) is 3.33. The SMILES string of the molecule is SCCCc1cccc2c1OCC2. The monoisotopic (exact) mass is 194 g/mol. The average molecular weight is 194 g/mol. The summed E-state index contributed by atoms with van der Waals surface area (Å²) in [4.78, 5) is 0. The van der Waals surface area contributed by atoms with E-state index in [2.05, 4.69) is 30.8 Å². The molecule has 1 aromatic carbocycles. The summed E-state index contributed by atoms with van der Waals surface area (Å²) in [6.45, 7) is 0.854. The lowest BCUT2D eigenvalue weighted by Crippen LogP contribution is -1.92. The van der Waals surface area contributed by atoms with Gasteiger partial charge in [0, 0.05) is 6.42 Å². The van der Waals surface area contributed by atoms with E-state index in [0.717, 1.165) is 37.4 Å². The van der Waals surface area contributed by atoms with Crippen LogP contribution in [-0.2, 0) is 12.8 Å². The van der Waals surface area contributed by atoms with Crippen LogP contribution >= 0.6 is 12.6 Å². The molecule has 0 fully saturated rings. The first-order valence-electron chi connectivity index (χ1n) is 4.76. The van der Waals surface area contributed by atoms with Crippen molar-refractivity contribution in [1.29, 1.82) is 0 Å². The Morgan fingerprint density at radius 1 is 1.38 bits per heavy atom. The highest BCUT2D eigenvalue weighted by molar-refractivity contribution is 7.80. The van der Waals surface area contributed by atoms with Crippen LogP contribution < -0.4 is 4.74 Å². The highest BCUT2D eigenvalue weighted by atomic mass is 32.1. The predicted octanol–water partition coefficient (Wildman–Crippen LogP) is 2.48. The number of rotatable bonds is 3. The van der Waals surface area contributed by atoms with E-state index in [1.165, 1.54) is 11.1 Å². The maximum atomic E-state index is 5.60. The number of hydrogen-bond donors (Lipinski definition) is 1. The number of fused-ring (bicyclic) bond motifs is 1. The second kappa shape index (κ2) is 4.05. The van der Waals surface area contributed by atoms with Crippen LogP contribution in [0.5, 0.6) is 5.75 Å². The lowest BCUT2D eigenvalue weighted by Gasteiger charge is -2.06. The molecule has 0 amide bonds. The largest absolute Gasteiger partial charge is 0.493 e. The third-order valence-electron chi connectivity index (χ3n) is 2.40. The van der Waals surface area contributed by atoms with E-state index < -0.39 is 0 Å².